The zero-order valence-electron chi connectivity index (χ0n) is 10.1. The van der Waals surface area contributed by atoms with Gasteiger partial charge in [-0.25, -0.2) is 4.98 Å². The van der Waals surface area contributed by atoms with Crippen molar-refractivity contribution in [2.75, 3.05) is 5.32 Å². The number of benzene rings is 1. The number of amides is 1. The first kappa shape index (κ1) is 11.5. The molecule has 1 aromatic heterocycles. The normalized spacial score (nSPS) is 13.6. The smallest absolute Gasteiger partial charge is 0.228 e. The maximum atomic E-state index is 11.3. The molecule has 4 nitrogen and oxygen atoms in total. The topological polar surface area (TPSA) is 46.9 Å². The van der Waals surface area contributed by atoms with Crippen molar-refractivity contribution in [1.82, 2.24) is 9.55 Å². The Balaban J connectivity index is 2.14. The van der Waals surface area contributed by atoms with E-state index in [1.807, 2.05) is 30.7 Å². The SMILES string of the molecule is Cc1nc(Br)c(-c2ccc3c(c2)CC(=O)N3)n1C. The molecule has 92 valence electrons. The van der Waals surface area contributed by atoms with Gasteiger partial charge in [0.2, 0.25) is 5.91 Å². The predicted octanol–water partition coefficient (Wildman–Crippen LogP) is 2.65. The zero-order chi connectivity index (χ0) is 12.9. The number of rotatable bonds is 1. The molecule has 3 rings (SSSR count). The number of nitrogens with one attached hydrogen (secondary N) is 1. The van der Waals surface area contributed by atoms with Crippen molar-refractivity contribution in [1.29, 1.82) is 0 Å². The first-order valence-electron chi connectivity index (χ1n) is 5.68. The van der Waals surface area contributed by atoms with Crippen LogP contribution in [0.1, 0.15) is 11.4 Å². The second-order valence-electron chi connectivity index (χ2n) is 4.45. The second kappa shape index (κ2) is 3.95. The number of halogens is 1. The van der Waals surface area contributed by atoms with Crippen LogP contribution in [0.5, 0.6) is 0 Å². The molecule has 2 aromatic rings. The summed E-state index contributed by atoms with van der Waals surface area (Å²) >= 11 is 3.48. The number of imidazole rings is 1. The van der Waals surface area contributed by atoms with Gasteiger partial charge in [0.25, 0.3) is 0 Å². The number of nitrogens with zero attached hydrogens (tertiary/aromatic N) is 2. The molecule has 18 heavy (non-hydrogen) atoms. The van der Waals surface area contributed by atoms with Crippen molar-refractivity contribution in [3.05, 3.63) is 34.2 Å². The molecule has 1 aliphatic rings. The van der Waals surface area contributed by atoms with E-state index in [0.29, 0.717) is 6.42 Å². The van der Waals surface area contributed by atoms with Crippen LogP contribution in [0.2, 0.25) is 0 Å². The molecule has 1 N–H and O–H groups in total. The summed E-state index contributed by atoms with van der Waals surface area (Å²) in [7, 11) is 1.99. The van der Waals surface area contributed by atoms with Gasteiger partial charge in [0.1, 0.15) is 10.4 Å². The van der Waals surface area contributed by atoms with Gasteiger partial charge in [-0.3, -0.25) is 4.79 Å². The Labute approximate surface area is 113 Å². The van der Waals surface area contributed by atoms with Crippen LogP contribution in [-0.2, 0) is 18.3 Å². The van der Waals surface area contributed by atoms with Crippen molar-refractivity contribution >= 4 is 27.5 Å². The summed E-state index contributed by atoms with van der Waals surface area (Å²) in [6.07, 6.45) is 0.456. The van der Waals surface area contributed by atoms with Gasteiger partial charge in [-0.15, -0.1) is 0 Å². The fraction of sp³-hybridized carbons (Fsp3) is 0.231. The van der Waals surface area contributed by atoms with Crippen LogP contribution >= 0.6 is 15.9 Å². The number of anilines is 1. The molecule has 0 radical (unpaired) electrons. The van der Waals surface area contributed by atoms with Crippen molar-refractivity contribution in [2.24, 2.45) is 7.05 Å². The van der Waals surface area contributed by atoms with Crippen molar-refractivity contribution in [2.45, 2.75) is 13.3 Å². The van der Waals surface area contributed by atoms with E-state index in [2.05, 4.69) is 32.3 Å². The standard InChI is InChI=1S/C13H12BrN3O/c1-7-15-13(14)12(17(7)2)8-3-4-10-9(5-8)6-11(18)16-10/h3-5H,6H2,1-2H3,(H,16,18). The van der Waals surface area contributed by atoms with Gasteiger partial charge in [-0.2, -0.15) is 0 Å². The van der Waals surface area contributed by atoms with E-state index in [-0.39, 0.29) is 5.91 Å². The molecule has 0 fully saturated rings. The van der Waals surface area contributed by atoms with Crippen molar-refractivity contribution in [3.8, 4) is 11.3 Å². The molecule has 2 heterocycles. The average Bonchev–Trinajstić information content (AvgIpc) is 2.78. The summed E-state index contributed by atoms with van der Waals surface area (Å²) in [5, 5.41) is 2.84. The highest BCUT2D eigenvalue weighted by molar-refractivity contribution is 9.10. The van der Waals surface area contributed by atoms with Crippen LogP contribution in [-0.4, -0.2) is 15.5 Å². The van der Waals surface area contributed by atoms with Crippen LogP contribution < -0.4 is 5.32 Å². The summed E-state index contributed by atoms with van der Waals surface area (Å²) in [6.45, 7) is 1.96. The number of carbonyl (C=O) groups is 1. The molecule has 0 aliphatic carbocycles. The Morgan fingerprint density at radius 1 is 1.44 bits per heavy atom. The molecule has 0 saturated carbocycles. The summed E-state index contributed by atoms with van der Waals surface area (Å²) < 4.78 is 2.87. The summed E-state index contributed by atoms with van der Waals surface area (Å²) in [5.41, 5.74) is 4.07. The summed E-state index contributed by atoms with van der Waals surface area (Å²) in [6, 6.07) is 6.00. The molecule has 0 bridgehead atoms. The Morgan fingerprint density at radius 2 is 2.22 bits per heavy atom. The third-order valence-electron chi connectivity index (χ3n) is 3.28. The van der Waals surface area contributed by atoms with Crippen LogP contribution in [0.3, 0.4) is 0 Å². The van der Waals surface area contributed by atoms with Gasteiger partial charge >= 0.3 is 0 Å². The molecule has 5 heteroatoms. The summed E-state index contributed by atoms with van der Waals surface area (Å²) in [5.74, 6) is 1.01. The molecule has 0 unspecified atom stereocenters. The average molecular weight is 306 g/mol. The third-order valence-corrected chi connectivity index (χ3v) is 3.83. The van der Waals surface area contributed by atoms with E-state index in [4.69, 9.17) is 0 Å². The first-order chi connectivity index (χ1) is 8.56. The predicted molar refractivity (Wildman–Crippen MR) is 73.4 cm³/mol. The lowest BCUT2D eigenvalue weighted by atomic mass is 10.1. The van der Waals surface area contributed by atoms with Crippen molar-refractivity contribution < 1.29 is 4.79 Å². The Bertz CT molecular complexity index is 660. The quantitative estimate of drug-likeness (QED) is 0.880. The lowest BCUT2D eigenvalue weighted by molar-refractivity contribution is -0.115. The molecule has 0 spiro atoms. The molecular weight excluding hydrogens is 294 g/mol. The van der Waals surface area contributed by atoms with Crippen LogP contribution in [0.15, 0.2) is 22.8 Å². The highest BCUT2D eigenvalue weighted by Crippen LogP contribution is 2.32. The summed E-state index contributed by atoms with van der Waals surface area (Å²) in [4.78, 5) is 15.7. The van der Waals surface area contributed by atoms with Crippen LogP contribution in [0.4, 0.5) is 5.69 Å². The van der Waals surface area contributed by atoms with E-state index in [0.717, 1.165) is 32.9 Å². The molecule has 1 aliphatic heterocycles. The Kier molecular flexibility index (Phi) is 2.52. The Morgan fingerprint density at radius 3 is 2.89 bits per heavy atom. The number of hydrogen-bond acceptors (Lipinski definition) is 2. The van der Waals surface area contributed by atoms with E-state index in [9.17, 15) is 4.79 Å². The number of aryl methyl sites for hydroxylation is 1. The van der Waals surface area contributed by atoms with Gasteiger partial charge in [-0.05, 0) is 40.5 Å². The molecule has 1 amide bonds. The van der Waals surface area contributed by atoms with E-state index < -0.39 is 0 Å². The van der Waals surface area contributed by atoms with Crippen LogP contribution in [0, 0.1) is 6.92 Å². The van der Waals surface area contributed by atoms with E-state index in [1.165, 1.54) is 0 Å². The van der Waals surface area contributed by atoms with Gasteiger partial charge in [0, 0.05) is 18.3 Å². The number of fused-ring (bicyclic) bond motifs is 1. The van der Waals surface area contributed by atoms with Crippen LogP contribution in [0.25, 0.3) is 11.3 Å². The maximum absolute atomic E-state index is 11.3. The van der Waals surface area contributed by atoms with E-state index >= 15 is 0 Å². The minimum atomic E-state index is 0.0578. The van der Waals surface area contributed by atoms with Gasteiger partial charge in [0.05, 0.1) is 12.1 Å². The Hall–Kier alpha value is -1.62. The fourth-order valence-electron chi connectivity index (χ4n) is 2.26. The van der Waals surface area contributed by atoms with Gasteiger partial charge < -0.3 is 9.88 Å². The fourth-order valence-corrected chi connectivity index (χ4v) is 3.01. The zero-order valence-corrected chi connectivity index (χ0v) is 11.7. The lowest BCUT2D eigenvalue weighted by Crippen LogP contribution is -2.03. The number of carbonyl (C=O) groups excluding carboxylic acids is 1. The van der Waals surface area contributed by atoms with Crippen molar-refractivity contribution in [3.63, 3.8) is 0 Å². The molecular formula is C13H12BrN3O. The second-order valence-corrected chi connectivity index (χ2v) is 5.21. The minimum Gasteiger partial charge on any atom is -0.330 e. The maximum Gasteiger partial charge on any atom is 0.228 e. The largest absolute Gasteiger partial charge is 0.330 e. The highest BCUT2D eigenvalue weighted by atomic mass is 79.9. The molecule has 0 atom stereocenters. The number of aromatic nitrogens is 2. The van der Waals surface area contributed by atoms with Gasteiger partial charge in [-0.1, -0.05) is 6.07 Å². The minimum absolute atomic E-state index is 0.0578. The lowest BCUT2D eigenvalue weighted by Gasteiger charge is -2.06. The molecule has 0 saturated heterocycles. The van der Waals surface area contributed by atoms with E-state index in [1.54, 1.807) is 0 Å². The molecule has 1 aromatic carbocycles. The first-order valence-corrected chi connectivity index (χ1v) is 6.47. The monoisotopic (exact) mass is 305 g/mol. The third kappa shape index (κ3) is 1.66. The highest BCUT2D eigenvalue weighted by Gasteiger charge is 2.19. The number of hydrogen-bond donors (Lipinski definition) is 1. The van der Waals surface area contributed by atoms with Gasteiger partial charge in [0.15, 0.2) is 0 Å².